The molecular weight excluding hydrogens is 352 g/mol. The summed E-state index contributed by atoms with van der Waals surface area (Å²) in [7, 11) is -3.20. The maximum absolute atomic E-state index is 6.89. The summed E-state index contributed by atoms with van der Waals surface area (Å²) in [6.07, 6.45) is 7.18. The summed E-state index contributed by atoms with van der Waals surface area (Å²) in [6, 6.07) is 11.3. The third-order valence-corrected chi connectivity index (χ3v) is 17.0. The Morgan fingerprint density at radius 1 is 1.04 bits per heavy atom. The normalized spacial score (nSPS) is 14.5. The van der Waals surface area contributed by atoms with Gasteiger partial charge in [-0.3, -0.25) is 0 Å². The lowest BCUT2D eigenvalue weighted by Crippen LogP contribution is -2.38. The summed E-state index contributed by atoms with van der Waals surface area (Å²) in [5, 5.41) is 1.59. The molecule has 0 amide bonds. The first-order chi connectivity index (χ1) is 12.5. The second-order valence-electron chi connectivity index (χ2n) is 7.32. The van der Waals surface area contributed by atoms with Crippen LogP contribution in [0.5, 0.6) is 0 Å². The van der Waals surface area contributed by atoms with E-state index in [2.05, 4.69) is 66.3 Å². The lowest BCUT2D eigenvalue weighted by molar-refractivity contribution is 0.206. The van der Waals surface area contributed by atoms with Gasteiger partial charge in [0, 0.05) is 0 Å². The predicted octanol–water partition coefficient (Wildman–Crippen LogP) is 7.89. The number of hydrogen-bond donors (Lipinski definition) is 0. The van der Waals surface area contributed by atoms with Gasteiger partial charge in [-0.15, -0.1) is 6.58 Å². The third kappa shape index (κ3) is 5.33. The third-order valence-electron chi connectivity index (χ3n) is 6.56. The average molecular weight is 393 g/mol. The van der Waals surface area contributed by atoms with Crippen LogP contribution in [0.2, 0.25) is 36.3 Å². The van der Waals surface area contributed by atoms with Crippen LogP contribution in [0.15, 0.2) is 46.7 Å². The van der Waals surface area contributed by atoms with Gasteiger partial charge in [0.05, 0.1) is 14.3 Å². The molecule has 1 aromatic rings. The molecule has 1 heterocycles. The van der Waals surface area contributed by atoms with Crippen LogP contribution in [-0.2, 0) is 4.43 Å². The van der Waals surface area contributed by atoms with E-state index in [4.69, 9.17) is 8.84 Å². The van der Waals surface area contributed by atoms with Crippen LogP contribution in [0.25, 0.3) is 0 Å². The van der Waals surface area contributed by atoms with Crippen molar-refractivity contribution in [2.45, 2.75) is 90.3 Å². The second-order valence-corrected chi connectivity index (χ2v) is 17.4. The molecule has 0 fully saturated rings. The molecule has 0 spiro atoms. The van der Waals surface area contributed by atoms with Crippen molar-refractivity contribution in [3.8, 4) is 0 Å². The Hall–Kier alpha value is -0.846. The van der Waals surface area contributed by atoms with Gasteiger partial charge in [-0.05, 0) is 36.7 Å². The Morgan fingerprint density at radius 3 is 2.00 bits per heavy atom. The van der Waals surface area contributed by atoms with Crippen LogP contribution in [0.1, 0.15) is 59.8 Å². The molecule has 1 unspecified atom stereocenters. The van der Waals surface area contributed by atoms with E-state index >= 15 is 0 Å². The molecule has 1 atom stereocenters. The Labute approximate surface area is 163 Å². The maximum atomic E-state index is 6.89. The number of furan rings is 1. The molecule has 148 valence electrons. The van der Waals surface area contributed by atoms with Crippen LogP contribution in [0.4, 0.5) is 0 Å². The Bertz CT molecular complexity index is 524. The fourth-order valence-electron chi connectivity index (χ4n) is 4.13. The van der Waals surface area contributed by atoms with E-state index in [-0.39, 0.29) is 6.10 Å². The zero-order valence-corrected chi connectivity index (χ0v) is 19.9. The molecule has 0 radical (unpaired) electrons. The SMILES string of the molecule is C=CC/C(=C\C(O[Si](CC)(CC)CC)c1ccco1)[Si](CC)(CC)CC. The number of allylic oxidation sites excluding steroid dienone is 2. The fraction of sp³-hybridized carbons (Fsp3) is 0.636. The largest absolute Gasteiger partial charge is 0.466 e. The topological polar surface area (TPSA) is 22.4 Å². The zero-order valence-electron chi connectivity index (χ0n) is 17.9. The lowest BCUT2D eigenvalue weighted by Gasteiger charge is -2.35. The monoisotopic (exact) mass is 392 g/mol. The molecular formula is C22H40O2Si2. The van der Waals surface area contributed by atoms with Crippen molar-refractivity contribution in [3.05, 3.63) is 48.1 Å². The van der Waals surface area contributed by atoms with Gasteiger partial charge >= 0.3 is 0 Å². The van der Waals surface area contributed by atoms with Gasteiger partial charge in [-0.25, -0.2) is 0 Å². The Morgan fingerprint density at radius 2 is 1.62 bits per heavy atom. The minimum atomic E-state index is -1.73. The highest BCUT2D eigenvalue weighted by molar-refractivity contribution is 6.86. The molecule has 0 N–H and O–H groups in total. The summed E-state index contributed by atoms with van der Waals surface area (Å²) in [4.78, 5) is 0. The van der Waals surface area contributed by atoms with Crippen LogP contribution in [-0.4, -0.2) is 16.4 Å². The highest BCUT2D eigenvalue weighted by atomic mass is 28.4. The first kappa shape index (κ1) is 23.2. The maximum Gasteiger partial charge on any atom is 0.193 e. The molecule has 0 aliphatic rings. The molecule has 4 heteroatoms. The quantitative estimate of drug-likeness (QED) is 0.251. The van der Waals surface area contributed by atoms with Crippen LogP contribution in [0.3, 0.4) is 0 Å². The molecule has 1 aromatic heterocycles. The molecule has 0 aliphatic heterocycles. The summed E-state index contributed by atoms with van der Waals surface area (Å²) in [5.41, 5.74) is 0. The molecule has 2 nitrogen and oxygen atoms in total. The summed E-state index contributed by atoms with van der Waals surface area (Å²) in [5.74, 6) is 0.949. The molecule has 1 rings (SSSR count). The molecule has 0 aromatic carbocycles. The standard InChI is InChI=1S/C22H40O2Si2/c1-8-16-20(25(9-2,10-3)11-4)19-22(21-17-15-18-23-21)24-26(12-5,13-6)14-7/h8,15,17-19,22H,1,9-14,16H2,2-7H3/b20-19+. The summed E-state index contributed by atoms with van der Waals surface area (Å²) >= 11 is 0. The molecule has 0 bridgehead atoms. The highest BCUT2D eigenvalue weighted by Gasteiger charge is 2.35. The predicted molar refractivity (Wildman–Crippen MR) is 120 cm³/mol. The number of hydrogen-bond acceptors (Lipinski definition) is 2. The summed E-state index contributed by atoms with van der Waals surface area (Å²) in [6.45, 7) is 18.0. The van der Waals surface area contributed by atoms with Crippen LogP contribution >= 0.6 is 0 Å². The second kappa shape index (κ2) is 11.1. The summed E-state index contributed by atoms with van der Waals surface area (Å²) < 4.78 is 12.7. The fourth-order valence-corrected chi connectivity index (χ4v) is 10.8. The zero-order chi connectivity index (χ0) is 19.6. The van der Waals surface area contributed by atoms with Gasteiger partial charge in [0.15, 0.2) is 8.32 Å². The van der Waals surface area contributed by atoms with E-state index in [1.54, 1.807) is 11.5 Å². The first-order valence-corrected chi connectivity index (χ1v) is 15.7. The molecule has 0 aliphatic carbocycles. The average Bonchev–Trinajstić information content (AvgIpc) is 3.22. The minimum absolute atomic E-state index is 0.0528. The smallest absolute Gasteiger partial charge is 0.193 e. The first-order valence-electron chi connectivity index (χ1n) is 10.5. The van der Waals surface area contributed by atoms with Crippen molar-refractivity contribution >= 4 is 16.4 Å². The van der Waals surface area contributed by atoms with Crippen molar-refractivity contribution in [3.63, 3.8) is 0 Å². The Kier molecular flexibility index (Phi) is 9.90. The van der Waals surface area contributed by atoms with Gasteiger partial charge in [0.25, 0.3) is 0 Å². The van der Waals surface area contributed by atoms with E-state index in [1.807, 2.05) is 6.07 Å². The van der Waals surface area contributed by atoms with Gasteiger partial charge in [-0.1, -0.05) is 77.0 Å². The lowest BCUT2D eigenvalue weighted by atomic mass is 10.2. The van der Waals surface area contributed by atoms with Gasteiger partial charge in [0.1, 0.15) is 11.9 Å². The van der Waals surface area contributed by atoms with Crippen LogP contribution in [0, 0.1) is 0 Å². The molecule has 0 saturated heterocycles. The van der Waals surface area contributed by atoms with E-state index in [1.165, 1.54) is 18.1 Å². The molecule has 0 saturated carbocycles. The van der Waals surface area contributed by atoms with E-state index in [0.717, 1.165) is 30.3 Å². The van der Waals surface area contributed by atoms with Gasteiger partial charge in [-0.2, -0.15) is 0 Å². The van der Waals surface area contributed by atoms with E-state index in [0.29, 0.717) is 0 Å². The van der Waals surface area contributed by atoms with Crippen molar-refractivity contribution in [2.75, 3.05) is 0 Å². The van der Waals surface area contributed by atoms with Crippen LogP contribution < -0.4 is 0 Å². The Balaban J connectivity index is 3.39. The highest BCUT2D eigenvalue weighted by Crippen LogP contribution is 2.36. The van der Waals surface area contributed by atoms with E-state index in [9.17, 15) is 0 Å². The number of rotatable bonds is 13. The van der Waals surface area contributed by atoms with Crippen molar-refractivity contribution in [1.82, 2.24) is 0 Å². The van der Waals surface area contributed by atoms with E-state index < -0.39 is 16.4 Å². The minimum Gasteiger partial charge on any atom is -0.466 e. The van der Waals surface area contributed by atoms with Crippen molar-refractivity contribution < 1.29 is 8.84 Å². The molecule has 26 heavy (non-hydrogen) atoms. The van der Waals surface area contributed by atoms with Gasteiger partial charge in [0.2, 0.25) is 0 Å². The van der Waals surface area contributed by atoms with Crippen molar-refractivity contribution in [1.29, 1.82) is 0 Å². The van der Waals surface area contributed by atoms with Gasteiger partial charge < -0.3 is 8.84 Å². The van der Waals surface area contributed by atoms with Crippen molar-refractivity contribution in [2.24, 2.45) is 0 Å².